The minimum atomic E-state index is 0.165. The Balaban J connectivity index is 2.20. The van der Waals surface area contributed by atoms with Crippen LogP contribution in [0.25, 0.3) is 0 Å². The molecule has 0 aliphatic rings. The number of hydrogen-bond donors (Lipinski definition) is 0. The van der Waals surface area contributed by atoms with E-state index in [2.05, 4.69) is 29.0 Å². The van der Waals surface area contributed by atoms with Crippen molar-refractivity contribution in [3.63, 3.8) is 0 Å². The van der Waals surface area contributed by atoms with Crippen LogP contribution in [-0.4, -0.2) is 10.7 Å². The minimum absolute atomic E-state index is 0.165. The summed E-state index contributed by atoms with van der Waals surface area (Å²) in [5.74, 6) is 0. The normalized spacial score (nSPS) is 13.4. The van der Waals surface area contributed by atoms with Crippen LogP contribution in [-0.2, 0) is 0 Å². The van der Waals surface area contributed by atoms with Gasteiger partial charge in [0.05, 0.1) is 17.4 Å². The first-order valence-electron chi connectivity index (χ1n) is 5.78. The van der Waals surface area contributed by atoms with E-state index in [-0.39, 0.29) is 6.04 Å². The number of aromatic nitrogens is 1. The highest BCUT2D eigenvalue weighted by Gasteiger charge is 2.04. The van der Waals surface area contributed by atoms with Crippen LogP contribution in [0.5, 0.6) is 0 Å². The van der Waals surface area contributed by atoms with E-state index in [0.717, 1.165) is 11.4 Å². The van der Waals surface area contributed by atoms with Crippen molar-refractivity contribution in [2.24, 2.45) is 4.99 Å². The van der Waals surface area contributed by atoms with Crippen LogP contribution in [0.3, 0.4) is 0 Å². The van der Waals surface area contributed by atoms with Crippen LogP contribution >= 0.6 is 0 Å². The fourth-order valence-corrected chi connectivity index (χ4v) is 1.74. The minimum Gasteiger partial charge on any atom is -0.280 e. The average Bonchev–Trinajstić information content (AvgIpc) is 2.40. The number of benzene rings is 1. The molecule has 0 saturated heterocycles. The lowest BCUT2D eigenvalue weighted by Gasteiger charge is -2.08. The highest BCUT2D eigenvalue weighted by atomic mass is 14.8. The first-order chi connectivity index (χ1) is 8.27. The highest BCUT2D eigenvalue weighted by Crippen LogP contribution is 2.16. The maximum absolute atomic E-state index is 4.67. The molecule has 0 aliphatic heterocycles. The maximum Gasteiger partial charge on any atom is 0.0837 e. The molecule has 1 heterocycles. The van der Waals surface area contributed by atoms with Crippen molar-refractivity contribution in [1.82, 2.24) is 4.98 Å². The second kappa shape index (κ2) is 5.39. The largest absolute Gasteiger partial charge is 0.280 e. The summed E-state index contributed by atoms with van der Waals surface area (Å²) in [6.45, 7) is 4.10. The molecule has 1 aromatic heterocycles. The van der Waals surface area contributed by atoms with Crippen LogP contribution in [0.1, 0.15) is 31.1 Å². The predicted octanol–water partition coefficient (Wildman–Crippen LogP) is 3.65. The van der Waals surface area contributed by atoms with Gasteiger partial charge in [0, 0.05) is 6.20 Å². The molecule has 2 aromatic rings. The van der Waals surface area contributed by atoms with Crippen LogP contribution in [0.15, 0.2) is 59.7 Å². The van der Waals surface area contributed by atoms with E-state index in [0.29, 0.717) is 0 Å². The second-order valence-corrected chi connectivity index (χ2v) is 4.02. The molecule has 0 bridgehead atoms. The Labute approximate surface area is 102 Å². The quantitative estimate of drug-likeness (QED) is 0.730. The van der Waals surface area contributed by atoms with Crippen molar-refractivity contribution in [2.45, 2.75) is 19.9 Å². The Morgan fingerprint density at radius 2 is 1.76 bits per heavy atom. The molecular weight excluding hydrogens is 208 g/mol. The molecule has 0 N–H and O–H groups in total. The summed E-state index contributed by atoms with van der Waals surface area (Å²) >= 11 is 0. The molecular formula is C15H16N2. The number of rotatable bonds is 3. The Hall–Kier alpha value is -1.96. The monoisotopic (exact) mass is 224 g/mol. The third kappa shape index (κ3) is 3.00. The first kappa shape index (κ1) is 11.5. The molecule has 86 valence electrons. The zero-order valence-corrected chi connectivity index (χ0v) is 10.2. The van der Waals surface area contributed by atoms with Crippen molar-refractivity contribution in [3.8, 4) is 0 Å². The molecule has 0 spiro atoms. The van der Waals surface area contributed by atoms with Gasteiger partial charge in [0.15, 0.2) is 0 Å². The van der Waals surface area contributed by atoms with E-state index in [1.165, 1.54) is 5.56 Å². The standard InChI is InChI=1S/C15H16N2/c1-12(14-8-4-3-5-9-14)17-13(2)15-10-6-7-11-16-15/h3-12H,1-2H3/t12-/m1/s1. The van der Waals surface area contributed by atoms with E-state index >= 15 is 0 Å². The van der Waals surface area contributed by atoms with E-state index in [9.17, 15) is 0 Å². The van der Waals surface area contributed by atoms with E-state index in [1.807, 2.05) is 43.3 Å². The molecule has 0 saturated carbocycles. The van der Waals surface area contributed by atoms with Crippen molar-refractivity contribution in [3.05, 3.63) is 66.0 Å². The third-order valence-electron chi connectivity index (χ3n) is 2.70. The molecule has 1 atom stereocenters. The van der Waals surface area contributed by atoms with Gasteiger partial charge in [0.25, 0.3) is 0 Å². The number of nitrogens with zero attached hydrogens (tertiary/aromatic N) is 2. The lowest BCUT2D eigenvalue weighted by Crippen LogP contribution is -2.00. The lowest BCUT2D eigenvalue weighted by atomic mass is 10.1. The van der Waals surface area contributed by atoms with Crippen LogP contribution in [0, 0.1) is 0 Å². The lowest BCUT2D eigenvalue weighted by molar-refractivity contribution is 0.818. The van der Waals surface area contributed by atoms with E-state index in [1.54, 1.807) is 6.20 Å². The van der Waals surface area contributed by atoms with Gasteiger partial charge in [0.2, 0.25) is 0 Å². The van der Waals surface area contributed by atoms with Gasteiger partial charge in [-0.25, -0.2) is 0 Å². The van der Waals surface area contributed by atoms with Gasteiger partial charge in [-0.3, -0.25) is 9.98 Å². The molecule has 2 nitrogen and oxygen atoms in total. The summed E-state index contributed by atoms with van der Waals surface area (Å²) in [4.78, 5) is 8.97. The third-order valence-corrected chi connectivity index (χ3v) is 2.70. The van der Waals surface area contributed by atoms with Crippen LogP contribution in [0.2, 0.25) is 0 Å². The molecule has 0 amide bonds. The Kier molecular flexibility index (Phi) is 3.66. The summed E-state index contributed by atoms with van der Waals surface area (Å²) in [5.41, 5.74) is 3.14. The summed E-state index contributed by atoms with van der Waals surface area (Å²) < 4.78 is 0. The van der Waals surface area contributed by atoms with Gasteiger partial charge in [-0.2, -0.15) is 0 Å². The average molecular weight is 224 g/mol. The van der Waals surface area contributed by atoms with Gasteiger partial charge in [-0.05, 0) is 31.5 Å². The smallest absolute Gasteiger partial charge is 0.0837 e. The number of pyridine rings is 1. The topological polar surface area (TPSA) is 25.2 Å². The summed E-state index contributed by atoms with van der Waals surface area (Å²) in [7, 11) is 0. The van der Waals surface area contributed by atoms with Gasteiger partial charge in [0.1, 0.15) is 0 Å². The zero-order chi connectivity index (χ0) is 12.1. The molecule has 17 heavy (non-hydrogen) atoms. The van der Waals surface area contributed by atoms with Crippen LogP contribution < -0.4 is 0 Å². The highest BCUT2D eigenvalue weighted by molar-refractivity contribution is 5.97. The molecule has 1 aromatic carbocycles. The molecule has 0 radical (unpaired) electrons. The van der Waals surface area contributed by atoms with Crippen molar-refractivity contribution in [1.29, 1.82) is 0 Å². The van der Waals surface area contributed by atoms with E-state index in [4.69, 9.17) is 0 Å². The first-order valence-corrected chi connectivity index (χ1v) is 5.78. The fourth-order valence-electron chi connectivity index (χ4n) is 1.74. The molecule has 2 rings (SSSR count). The summed E-state index contributed by atoms with van der Waals surface area (Å²) in [5, 5.41) is 0. The van der Waals surface area contributed by atoms with E-state index < -0.39 is 0 Å². The summed E-state index contributed by atoms with van der Waals surface area (Å²) in [6, 6.07) is 16.3. The van der Waals surface area contributed by atoms with Gasteiger partial charge in [-0.15, -0.1) is 0 Å². The Bertz CT molecular complexity index is 489. The number of aliphatic imine (C=N–C) groups is 1. The van der Waals surface area contributed by atoms with Crippen molar-refractivity contribution in [2.75, 3.05) is 0 Å². The Morgan fingerprint density at radius 1 is 1.06 bits per heavy atom. The Morgan fingerprint density at radius 3 is 2.41 bits per heavy atom. The number of hydrogen-bond acceptors (Lipinski definition) is 2. The summed E-state index contributed by atoms with van der Waals surface area (Å²) in [6.07, 6.45) is 1.79. The SMILES string of the molecule is CC(=N[C@H](C)c1ccccc1)c1ccccn1. The maximum atomic E-state index is 4.67. The second-order valence-electron chi connectivity index (χ2n) is 4.02. The van der Waals surface area contributed by atoms with Crippen molar-refractivity contribution < 1.29 is 0 Å². The predicted molar refractivity (Wildman–Crippen MR) is 71.3 cm³/mol. The molecule has 0 fully saturated rings. The molecule has 2 heteroatoms. The zero-order valence-electron chi connectivity index (χ0n) is 10.2. The van der Waals surface area contributed by atoms with Crippen LogP contribution in [0.4, 0.5) is 0 Å². The van der Waals surface area contributed by atoms with Gasteiger partial charge >= 0.3 is 0 Å². The molecule has 0 aliphatic carbocycles. The molecule has 0 unspecified atom stereocenters. The fraction of sp³-hybridized carbons (Fsp3) is 0.200. The van der Waals surface area contributed by atoms with Gasteiger partial charge in [-0.1, -0.05) is 36.4 Å². The van der Waals surface area contributed by atoms with Gasteiger partial charge < -0.3 is 0 Å². The van der Waals surface area contributed by atoms with Crippen molar-refractivity contribution >= 4 is 5.71 Å².